The van der Waals surface area contributed by atoms with E-state index in [1.807, 2.05) is 6.07 Å². The summed E-state index contributed by atoms with van der Waals surface area (Å²) in [5.41, 5.74) is 15.5. The number of nitrogens with zero attached hydrogens (tertiary/aromatic N) is 1. The van der Waals surface area contributed by atoms with E-state index < -0.39 is 0 Å². The third kappa shape index (κ3) is 6.11. The van der Waals surface area contributed by atoms with Gasteiger partial charge in [0.2, 0.25) is 0 Å². The van der Waals surface area contributed by atoms with Crippen LogP contribution in [-0.4, -0.2) is 0 Å². The second-order valence-electron chi connectivity index (χ2n) is 16.8. The highest BCUT2D eigenvalue weighted by atomic mass is 16.3. The van der Waals surface area contributed by atoms with Crippen LogP contribution in [0.1, 0.15) is 33.7 Å². The molecular formula is C60H43NO2. The topological polar surface area (TPSA) is 29.5 Å². The highest BCUT2D eigenvalue weighted by Gasteiger charge is 2.26. The second kappa shape index (κ2) is 14.9. The average Bonchev–Trinajstić information content (AvgIpc) is 3.91. The lowest BCUT2D eigenvalue weighted by atomic mass is 9.80. The highest BCUT2D eigenvalue weighted by molar-refractivity contribution is 6.13. The molecule has 3 heteroatoms. The molecule has 1 unspecified atom stereocenters. The van der Waals surface area contributed by atoms with Gasteiger partial charge in [0, 0.05) is 38.5 Å². The molecule has 2 aromatic heterocycles. The molecule has 0 saturated carbocycles. The minimum atomic E-state index is 0.0567. The van der Waals surface area contributed by atoms with E-state index >= 15 is 0 Å². The van der Waals surface area contributed by atoms with Gasteiger partial charge in [-0.2, -0.15) is 0 Å². The normalized spacial score (nSPS) is 12.3. The number of hydrogen-bond acceptors (Lipinski definition) is 3. The maximum Gasteiger partial charge on any atom is 0.159 e. The van der Waals surface area contributed by atoms with Crippen LogP contribution in [0, 0.1) is 13.8 Å². The van der Waals surface area contributed by atoms with Crippen LogP contribution in [0.5, 0.6) is 0 Å². The predicted molar refractivity (Wildman–Crippen MR) is 264 cm³/mol. The zero-order chi connectivity index (χ0) is 42.0. The van der Waals surface area contributed by atoms with Gasteiger partial charge in [0.1, 0.15) is 16.7 Å². The Balaban J connectivity index is 1.07. The molecule has 12 aromatic rings. The molecule has 63 heavy (non-hydrogen) atoms. The van der Waals surface area contributed by atoms with Crippen molar-refractivity contribution in [3.8, 4) is 11.1 Å². The molecular weight excluding hydrogens is 767 g/mol. The molecule has 0 fully saturated rings. The van der Waals surface area contributed by atoms with E-state index in [0.29, 0.717) is 0 Å². The molecule has 0 aliphatic heterocycles. The van der Waals surface area contributed by atoms with Crippen LogP contribution in [0.25, 0.3) is 76.5 Å². The maximum absolute atomic E-state index is 6.71. The number of aryl methyl sites for hydroxylation is 2. The Bertz CT molecular complexity index is 3720. The summed E-state index contributed by atoms with van der Waals surface area (Å²) in [6.07, 6.45) is 0.786. The Morgan fingerprint density at radius 1 is 0.397 bits per heavy atom. The van der Waals surface area contributed by atoms with Gasteiger partial charge in [-0.25, -0.2) is 0 Å². The zero-order valence-electron chi connectivity index (χ0n) is 35.2. The number of anilines is 3. The number of furan rings is 2. The summed E-state index contributed by atoms with van der Waals surface area (Å²) < 4.78 is 13.4. The SMILES string of the molecule is Cc1ccccc1C(Cc1cccc2c1oc1ccccc12)c1cc(-c2ccc(N(c3ccccc3C)c3cccc4c3oc3ccccc34)c3ccccc23)cc2ccccc12. The Morgan fingerprint density at radius 2 is 0.968 bits per heavy atom. The molecule has 0 amide bonds. The van der Waals surface area contributed by atoms with E-state index in [0.717, 1.165) is 72.7 Å². The van der Waals surface area contributed by atoms with E-state index in [1.165, 1.54) is 55.1 Å². The maximum atomic E-state index is 6.71. The first-order valence-corrected chi connectivity index (χ1v) is 21.8. The summed E-state index contributed by atoms with van der Waals surface area (Å²) in [6.45, 7) is 4.43. The molecule has 0 aliphatic carbocycles. The number of hydrogen-bond donors (Lipinski definition) is 0. The van der Waals surface area contributed by atoms with Crippen molar-refractivity contribution in [2.75, 3.05) is 4.90 Å². The Kier molecular flexibility index (Phi) is 8.75. The lowest BCUT2D eigenvalue weighted by molar-refractivity contribution is 0.658. The molecule has 12 rings (SSSR count). The molecule has 3 nitrogen and oxygen atoms in total. The Hall–Kier alpha value is -7.88. The fourth-order valence-corrected chi connectivity index (χ4v) is 10.2. The molecule has 1 atom stereocenters. The fourth-order valence-electron chi connectivity index (χ4n) is 10.2. The molecule has 10 aromatic carbocycles. The molecule has 0 N–H and O–H groups in total. The molecule has 0 bridgehead atoms. The van der Waals surface area contributed by atoms with Gasteiger partial charge in [-0.15, -0.1) is 0 Å². The number of para-hydroxylation sites is 5. The summed E-state index contributed by atoms with van der Waals surface area (Å²) in [5, 5.41) is 9.36. The summed E-state index contributed by atoms with van der Waals surface area (Å²) >= 11 is 0. The minimum absolute atomic E-state index is 0.0567. The third-order valence-corrected chi connectivity index (χ3v) is 13.2. The van der Waals surface area contributed by atoms with Gasteiger partial charge in [-0.05, 0) is 118 Å². The first-order chi connectivity index (χ1) is 31.1. The fraction of sp³-hybridized carbons (Fsp3) is 0.0667. The van der Waals surface area contributed by atoms with Gasteiger partial charge in [0.05, 0.1) is 11.4 Å². The highest BCUT2D eigenvalue weighted by Crippen LogP contribution is 2.48. The van der Waals surface area contributed by atoms with Crippen LogP contribution in [0.3, 0.4) is 0 Å². The quantitative estimate of drug-likeness (QED) is 0.153. The Labute approximate surface area is 366 Å². The monoisotopic (exact) mass is 809 g/mol. The summed E-state index contributed by atoms with van der Waals surface area (Å²) in [5.74, 6) is 0.0567. The predicted octanol–water partition coefficient (Wildman–Crippen LogP) is 16.9. The van der Waals surface area contributed by atoms with Crippen LogP contribution < -0.4 is 4.90 Å². The van der Waals surface area contributed by atoms with E-state index in [1.54, 1.807) is 0 Å². The summed E-state index contributed by atoms with van der Waals surface area (Å²) in [4.78, 5) is 2.39. The van der Waals surface area contributed by atoms with Crippen LogP contribution in [-0.2, 0) is 6.42 Å². The minimum Gasteiger partial charge on any atom is -0.456 e. The number of rotatable bonds is 8. The van der Waals surface area contributed by atoms with Crippen molar-refractivity contribution in [3.05, 3.63) is 234 Å². The van der Waals surface area contributed by atoms with Gasteiger partial charge < -0.3 is 13.7 Å². The van der Waals surface area contributed by atoms with Crippen LogP contribution in [0.2, 0.25) is 0 Å². The smallest absolute Gasteiger partial charge is 0.159 e. The molecule has 2 heterocycles. The molecule has 0 aliphatic rings. The van der Waals surface area contributed by atoms with E-state index in [9.17, 15) is 0 Å². The third-order valence-electron chi connectivity index (χ3n) is 13.2. The van der Waals surface area contributed by atoms with Crippen molar-refractivity contribution in [2.45, 2.75) is 26.2 Å². The van der Waals surface area contributed by atoms with Crippen molar-refractivity contribution in [1.82, 2.24) is 0 Å². The number of benzene rings is 10. The largest absolute Gasteiger partial charge is 0.456 e. The zero-order valence-corrected chi connectivity index (χ0v) is 35.2. The van der Waals surface area contributed by atoms with Crippen LogP contribution in [0.15, 0.2) is 215 Å². The molecule has 0 spiro atoms. The second-order valence-corrected chi connectivity index (χ2v) is 16.8. The Morgan fingerprint density at radius 3 is 1.73 bits per heavy atom. The van der Waals surface area contributed by atoms with Gasteiger partial charge in [-0.3, -0.25) is 0 Å². The van der Waals surface area contributed by atoms with Gasteiger partial charge in [0.25, 0.3) is 0 Å². The van der Waals surface area contributed by atoms with Crippen LogP contribution >= 0.6 is 0 Å². The van der Waals surface area contributed by atoms with E-state index in [2.05, 4.69) is 219 Å². The lowest BCUT2D eigenvalue weighted by Gasteiger charge is -2.29. The van der Waals surface area contributed by atoms with Crippen molar-refractivity contribution in [3.63, 3.8) is 0 Å². The van der Waals surface area contributed by atoms with Crippen molar-refractivity contribution < 1.29 is 8.83 Å². The standard InChI is InChI=1S/C60H43NO2/c1-38-17-3-6-21-43(38)52(36-41-20-15-27-50-48-25-10-13-31-57(48)62-59(41)50)53-37-42(35-40-19-5-7-22-44(40)53)45-33-34-55(47-24-9-8-23-46(45)47)61(54-29-12-4-18-39(54)2)56-30-16-28-51-49-26-11-14-32-58(49)63-60(51)56/h3-35,37,52H,36H2,1-2H3. The first-order valence-electron chi connectivity index (χ1n) is 21.8. The van der Waals surface area contributed by atoms with E-state index in [4.69, 9.17) is 8.83 Å². The van der Waals surface area contributed by atoms with Crippen LogP contribution in [0.4, 0.5) is 17.1 Å². The lowest BCUT2D eigenvalue weighted by Crippen LogP contribution is -2.12. The van der Waals surface area contributed by atoms with Gasteiger partial charge in [0.15, 0.2) is 5.58 Å². The summed E-state index contributed by atoms with van der Waals surface area (Å²) in [7, 11) is 0. The molecule has 0 radical (unpaired) electrons. The van der Waals surface area contributed by atoms with Crippen molar-refractivity contribution in [1.29, 1.82) is 0 Å². The number of fused-ring (bicyclic) bond motifs is 8. The average molecular weight is 810 g/mol. The van der Waals surface area contributed by atoms with Crippen molar-refractivity contribution in [2.24, 2.45) is 0 Å². The molecule has 0 saturated heterocycles. The van der Waals surface area contributed by atoms with Crippen molar-refractivity contribution >= 4 is 82.5 Å². The van der Waals surface area contributed by atoms with Gasteiger partial charge in [-0.1, -0.05) is 164 Å². The first kappa shape index (κ1) is 36.9. The van der Waals surface area contributed by atoms with Gasteiger partial charge >= 0.3 is 0 Å². The van der Waals surface area contributed by atoms with E-state index in [-0.39, 0.29) is 5.92 Å². The molecule has 300 valence electrons. The summed E-state index contributed by atoms with van der Waals surface area (Å²) in [6, 6.07) is 74.6.